The van der Waals surface area contributed by atoms with E-state index in [4.69, 9.17) is 0 Å². The van der Waals surface area contributed by atoms with Gasteiger partial charge in [-0.05, 0) is 43.9 Å². The van der Waals surface area contributed by atoms with Crippen LogP contribution in [0.25, 0.3) is 0 Å². The normalized spacial score (nSPS) is 18.8. The van der Waals surface area contributed by atoms with Gasteiger partial charge in [0.15, 0.2) is 11.6 Å². The highest BCUT2D eigenvalue weighted by molar-refractivity contribution is 5.20. The fraction of sp³-hybridized carbons (Fsp3) is 0.600. The van der Waals surface area contributed by atoms with Crippen LogP contribution < -0.4 is 5.32 Å². The van der Waals surface area contributed by atoms with Gasteiger partial charge >= 0.3 is 0 Å². The third-order valence-electron chi connectivity index (χ3n) is 4.06. The van der Waals surface area contributed by atoms with E-state index in [0.29, 0.717) is 17.9 Å². The average Bonchev–Trinajstić information content (AvgIpc) is 2.41. The maximum Gasteiger partial charge on any atom is 0.162 e. The van der Waals surface area contributed by atoms with E-state index in [2.05, 4.69) is 5.32 Å². The van der Waals surface area contributed by atoms with Gasteiger partial charge in [0.05, 0.1) is 0 Å². The van der Waals surface area contributed by atoms with Crippen molar-refractivity contribution in [3.05, 3.63) is 35.4 Å². The lowest BCUT2D eigenvalue weighted by atomic mass is 9.81. The summed E-state index contributed by atoms with van der Waals surface area (Å²) in [5.74, 6) is -0.842. The number of hydrogen-bond acceptors (Lipinski definition) is 1. The third kappa shape index (κ3) is 3.08. The highest BCUT2D eigenvalue weighted by Crippen LogP contribution is 2.28. The molecule has 1 aromatic rings. The monoisotopic (exact) mass is 253 g/mol. The number of benzene rings is 1. The summed E-state index contributed by atoms with van der Waals surface area (Å²) in [6.45, 7) is 0. The second kappa shape index (κ2) is 6.28. The maximum absolute atomic E-state index is 13.7. The average molecular weight is 253 g/mol. The minimum absolute atomic E-state index is 0.251. The molecule has 0 aliphatic heterocycles. The molecule has 0 saturated heterocycles. The zero-order valence-corrected chi connectivity index (χ0v) is 10.9. The van der Waals surface area contributed by atoms with Gasteiger partial charge in [0.1, 0.15) is 0 Å². The molecule has 1 nitrogen and oxygen atoms in total. The lowest BCUT2D eigenvalue weighted by Crippen LogP contribution is -2.37. The number of halogens is 2. The van der Waals surface area contributed by atoms with Crippen LogP contribution in [-0.4, -0.2) is 13.1 Å². The summed E-state index contributed by atoms with van der Waals surface area (Å²) < 4.78 is 26.8. The standard InChI is InChI=1S/C15H21F2N/c1-18-14(11-6-3-2-4-7-11)10-12-8-5-9-13(16)15(12)17/h5,8-9,11,14,18H,2-4,6-7,10H2,1H3. The van der Waals surface area contributed by atoms with E-state index in [1.165, 1.54) is 38.2 Å². The SMILES string of the molecule is CNC(Cc1cccc(F)c1F)C1CCCCC1. The van der Waals surface area contributed by atoms with Crippen LogP contribution in [0.2, 0.25) is 0 Å². The molecule has 100 valence electrons. The van der Waals surface area contributed by atoms with Crippen molar-refractivity contribution in [3.63, 3.8) is 0 Å². The molecule has 1 N–H and O–H groups in total. The summed E-state index contributed by atoms with van der Waals surface area (Å²) in [5, 5.41) is 3.28. The summed E-state index contributed by atoms with van der Waals surface area (Å²) in [7, 11) is 1.91. The summed E-state index contributed by atoms with van der Waals surface area (Å²) in [6.07, 6.45) is 6.79. The van der Waals surface area contributed by atoms with E-state index in [1.807, 2.05) is 7.05 Å². The number of rotatable bonds is 4. The molecule has 0 bridgehead atoms. The molecule has 1 aliphatic carbocycles. The van der Waals surface area contributed by atoms with E-state index in [1.54, 1.807) is 12.1 Å². The van der Waals surface area contributed by atoms with Crippen LogP contribution in [0.5, 0.6) is 0 Å². The van der Waals surface area contributed by atoms with E-state index in [9.17, 15) is 8.78 Å². The summed E-state index contributed by atoms with van der Waals surface area (Å²) in [6, 6.07) is 4.70. The predicted octanol–water partition coefficient (Wildman–Crippen LogP) is 3.68. The van der Waals surface area contributed by atoms with Gasteiger partial charge in [-0.1, -0.05) is 31.4 Å². The largest absolute Gasteiger partial charge is 0.316 e. The minimum atomic E-state index is -0.744. The van der Waals surface area contributed by atoms with Crippen molar-refractivity contribution in [2.45, 2.75) is 44.6 Å². The second-order valence-corrected chi connectivity index (χ2v) is 5.21. The molecule has 2 rings (SSSR count). The predicted molar refractivity (Wildman–Crippen MR) is 69.5 cm³/mol. The Kier molecular flexibility index (Phi) is 4.70. The number of likely N-dealkylation sites (N-methyl/N-ethyl adjacent to an activating group) is 1. The van der Waals surface area contributed by atoms with Crippen LogP contribution in [0.1, 0.15) is 37.7 Å². The van der Waals surface area contributed by atoms with E-state index in [0.717, 1.165) is 0 Å². The number of hydrogen-bond donors (Lipinski definition) is 1. The Bertz CT molecular complexity index is 386. The molecule has 0 heterocycles. The lowest BCUT2D eigenvalue weighted by molar-refractivity contribution is 0.275. The Morgan fingerprint density at radius 1 is 1.22 bits per heavy atom. The first-order valence-corrected chi connectivity index (χ1v) is 6.82. The molecule has 0 spiro atoms. The molecule has 0 aromatic heterocycles. The molecule has 1 unspecified atom stereocenters. The van der Waals surface area contributed by atoms with Crippen molar-refractivity contribution in [1.29, 1.82) is 0 Å². The van der Waals surface area contributed by atoms with Crippen molar-refractivity contribution in [1.82, 2.24) is 5.32 Å². The summed E-state index contributed by atoms with van der Waals surface area (Å²) in [4.78, 5) is 0. The van der Waals surface area contributed by atoms with Crippen molar-refractivity contribution in [2.75, 3.05) is 7.05 Å². The topological polar surface area (TPSA) is 12.0 Å². The zero-order chi connectivity index (χ0) is 13.0. The maximum atomic E-state index is 13.7. The van der Waals surface area contributed by atoms with Gasteiger partial charge in [-0.15, -0.1) is 0 Å². The molecule has 0 amide bonds. The van der Waals surface area contributed by atoms with Crippen molar-refractivity contribution < 1.29 is 8.78 Å². The quantitative estimate of drug-likeness (QED) is 0.863. The van der Waals surface area contributed by atoms with Crippen molar-refractivity contribution >= 4 is 0 Å². The Morgan fingerprint density at radius 3 is 2.61 bits per heavy atom. The van der Waals surface area contributed by atoms with Gasteiger partial charge in [-0.2, -0.15) is 0 Å². The molecule has 1 fully saturated rings. The highest BCUT2D eigenvalue weighted by atomic mass is 19.2. The minimum Gasteiger partial charge on any atom is -0.316 e. The van der Waals surface area contributed by atoms with Crippen molar-refractivity contribution in [3.8, 4) is 0 Å². The number of nitrogens with one attached hydrogen (secondary N) is 1. The van der Waals surface area contributed by atoms with Gasteiger partial charge in [0.2, 0.25) is 0 Å². The summed E-state index contributed by atoms with van der Waals surface area (Å²) >= 11 is 0. The first kappa shape index (κ1) is 13.5. The van der Waals surface area contributed by atoms with Gasteiger partial charge in [-0.3, -0.25) is 0 Å². The molecular formula is C15H21F2N. The first-order chi connectivity index (χ1) is 8.72. The smallest absolute Gasteiger partial charge is 0.162 e. The molecule has 1 aromatic carbocycles. The molecule has 1 aliphatic rings. The van der Waals surface area contributed by atoms with E-state index in [-0.39, 0.29) is 6.04 Å². The van der Waals surface area contributed by atoms with E-state index < -0.39 is 11.6 Å². The fourth-order valence-electron chi connectivity index (χ4n) is 2.98. The molecule has 3 heteroatoms. The van der Waals surface area contributed by atoms with Crippen LogP contribution >= 0.6 is 0 Å². The van der Waals surface area contributed by atoms with E-state index >= 15 is 0 Å². The third-order valence-corrected chi connectivity index (χ3v) is 4.06. The lowest BCUT2D eigenvalue weighted by Gasteiger charge is -2.30. The fourth-order valence-corrected chi connectivity index (χ4v) is 2.98. The van der Waals surface area contributed by atoms with Crippen LogP contribution in [-0.2, 0) is 6.42 Å². The van der Waals surface area contributed by atoms with Gasteiger partial charge in [-0.25, -0.2) is 8.78 Å². The summed E-state index contributed by atoms with van der Waals surface area (Å²) in [5.41, 5.74) is 0.486. The Morgan fingerprint density at radius 2 is 1.94 bits per heavy atom. The van der Waals surface area contributed by atoms with Gasteiger partial charge < -0.3 is 5.32 Å². The van der Waals surface area contributed by atoms with Crippen LogP contribution in [0.15, 0.2) is 18.2 Å². The van der Waals surface area contributed by atoms with Crippen LogP contribution in [0.3, 0.4) is 0 Å². The second-order valence-electron chi connectivity index (χ2n) is 5.21. The van der Waals surface area contributed by atoms with Crippen LogP contribution in [0.4, 0.5) is 8.78 Å². The van der Waals surface area contributed by atoms with Crippen molar-refractivity contribution in [2.24, 2.45) is 5.92 Å². The Labute approximate surface area is 108 Å². The molecule has 1 saturated carbocycles. The molecular weight excluding hydrogens is 232 g/mol. The molecule has 0 radical (unpaired) electrons. The van der Waals surface area contributed by atoms with Gasteiger partial charge in [0.25, 0.3) is 0 Å². The first-order valence-electron chi connectivity index (χ1n) is 6.82. The van der Waals surface area contributed by atoms with Crippen LogP contribution in [0, 0.1) is 17.6 Å². The Balaban J connectivity index is 2.07. The molecule has 1 atom stereocenters. The Hall–Kier alpha value is -0.960. The zero-order valence-electron chi connectivity index (χ0n) is 10.9. The van der Waals surface area contributed by atoms with Gasteiger partial charge in [0, 0.05) is 6.04 Å². The highest BCUT2D eigenvalue weighted by Gasteiger charge is 2.23. The molecule has 18 heavy (non-hydrogen) atoms.